The quantitative estimate of drug-likeness (QED) is 0.839. The largest absolute Gasteiger partial charge is 0.390 e. The minimum atomic E-state index is -3.59. The van der Waals surface area contributed by atoms with Gasteiger partial charge in [-0.1, -0.05) is 6.07 Å². The van der Waals surface area contributed by atoms with Crippen molar-refractivity contribution >= 4 is 10.0 Å². The number of hydrogen-bond donors (Lipinski definition) is 2. The highest BCUT2D eigenvalue weighted by molar-refractivity contribution is 7.89. The lowest BCUT2D eigenvalue weighted by molar-refractivity contribution is 0.270. The van der Waals surface area contributed by atoms with Crippen LogP contribution in [-0.4, -0.2) is 23.1 Å². The molecule has 1 aliphatic carbocycles. The molecule has 6 nitrogen and oxygen atoms in total. The van der Waals surface area contributed by atoms with Crippen LogP contribution in [0.3, 0.4) is 0 Å². The Hall–Kier alpha value is -1.70. The molecular formula is C14H17N3O3S. The number of aliphatic hydroxyl groups excluding tert-OH is 1. The Morgan fingerprint density at radius 1 is 1.43 bits per heavy atom. The zero-order valence-electron chi connectivity index (χ0n) is 11.4. The second-order valence-corrected chi connectivity index (χ2v) is 6.92. The molecule has 3 rings (SSSR count). The molecule has 7 heteroatoms. The molecule has 21 heavy (non-hydrogen) atoms. The first-order valence-electron chi connectivity index (χ1n) is 6.80. The van der Waals surface area contributed by atoms with Gasteiger partial charge in [0.15, 0.2) is 0 Å². The van der Waals surface area contributed by atoms with Crippen LogP contribution in [-0.2, 0) is 23.2 Å². The van der Waals surface area contributed by atoms with E-state index in [0.29, 0.717) is 11.7 Å². The molecule has 0 amide bonds. The molecule has 0 bridgehead atoms. The summed E-state index contributed by atoms with van der Waals surface area (Å²) in [4.78, 5) is 4.15. The van der Waals surface area contributed by atoms with Crippen LogP contribution in [0.1, 0.15) is 30.1 Å². The Labute approximate surface area is 123 Å². The van der Waals surface area contributed by atoms with E-state index in [1.165, 1.54) is 6.07 Å². The van der Waals surface area contributed by atoms with Crippen LogP contribution in [0, 0.1) is 0 Å². The molecule has 1 fully saturated rings. The summed E-state index contributed by atoms with van der Waals surface area (Å²) in [5, 5.41) is 9.34. The molecule has 2 aromatic rings. The van der Waals surface area contributed by atoms with Gasteiger partial charge in [-0.15, -0.1) is 0 Å². The third-order valence-electron chi connectivity index (χ3n) is 3.51. The van der Waals surface area contributed by atoms with E-state index in [-0.39, 0.29) is 18.0 Å². The van der Waals surface area contributed by atoms with Crippen molar-refractivity contribution in [3.05, 3.63) is 48.0 Å². The molecule has 0 radical (unpaired) electrons. The van der Waals surface area contributed by atoms with Gasteiger partial charge in [0.1, 0.15) is 0 Å². The summed E-state index contributed by atoms with van der Waals surface area (Å²) < 4.78 is 29.0. The number of nitrogens with zero attached hydrogens (tertiary/aromatic N) is 2. The maximum atomic E-state index is 12.3. The second-order valence-electron chi connectivity index (χ2n) is 5.15. The Morgan fingerprint density at radius 2 is 2.24 bits per heavy atom. The monoisotopic (exact) mass is 307 g/mol. The highest BCUT2D eigenvalue weighted by Gasteiger charge is 2.27. The highest BCUT2D eigenvalue weighted by Crippen LogP contribution is 2.37. The van der Waals surface area contributed by atoms with Gasteiger partial charge in [-0.2, -0.15) is 0 Å². The smallest absolute Gasteiger partial charge is 0.242 e. The fourth-order valence-electron chi connectivity index (χ4n) is 2.23. The lowest BCUT2D eigenvalue weighted by Crippen LogP contribution is -2.22. The summed E-state index contributed by atoms with van der Waals surface area (Å²) in [7, 11) is -3.59. The summed E-state index contributed by atoms with van der Waals surface area (Å²) in [5.41, 5.74) is 1.43. The number of rotatable bonds is 6. The van der Waals surface area contributed by atoms with E-state index in [0.717, 1.165) is 18.4 Å². The third-order valence-corrected chi connectivity index (χ3v) is 4.88. The van der Waals surface area contributed by atoms with Crippen LogP contribution >= 0.6 is 0 Å². The minimum Gasteiger partial charge on any atom is -0.390 e. The number of pyridine rings is 1. The van der Waals surface area contributed by atoms with Gasteiger partial charge < -0.3 is 9.67 Å². The zero-order valence-corrected chi connectivity index (χ0v) is 12.3. The minimum absolute atomic E-state index is 0.158. The van der Waals surface area contributed by atoms with Gasteiger partial charge in [0, 0.05) is 36.9 Å². The van der Waals surface area contributed by atoms with Crippen LogP contribution in [0.5, 0.6) is 0 Å². The number of hydrogen-bond acceptors (Lipinski definition) is 4. The van der Waals surface area contributed by atoms with Crippen molar-refractivity contribution < 1.29 is 13.5 Å². The van der Waals surface area contributed by atoms with Gasteiger partial charge in [0.25, 0.3) is 0 Å². The van der Waals surface area contributed by atoms with E-state index in [1.54, 1.807) is 24.7 Å². The lowest BCUT2D eigenvalue weighted by Gasteiger charge is -2.05. The summed E-state index contributed by atoms with van der Waals surface area (Å²) in [5.74, 6) is 0. The standard InChI is InChI=1S/C14H17N3O3S/c18-10-13-6-14(9-17(13)12-3-4-12)21(19,20)16-8-11-2-1-5-15-7-11/h1-2,5-7,9,12,16,18H,3-4,8,10H2. The van der Waals surface area contributed by atoms with Crippen molar-refractivity contribution in [3.63, 3.8) is 0 Å². The van der Waals surface area contributed by atoms with E-state index in [1.807, 2.05) is 10.6 Å². The number of nitrogens with one attached hydrogen (secondary N) is 1. The van der Waals surface area contributed by atoms with E-state index < -0.39 is 10.0 Å². The van der Waals surface area contributed by atoms with E-state index in [4.69, 9.17) is 0 Å². The molecule has 0 unspecified atom stereocenters. The predicted molar refractivity (Wildman–Crippen MR) is 76.9 cm³/mol. The molecule has 0 aliphatic heterocycles. The normalized spacial score (nSPS) is 15.3. The van der Waals surface area contributed by atoms with Crippen LogP contribution < -0.4 is 4.72 Å². The summed E-state index contributed by atoms with van der Waals surface area (Å²) in [6, 6.07) is 5.43. The number of aliphatic hydroxyl groups is 1. The van der Waals surface area contributed by atoms with Crippen molar-refractivity contribution in [2.75, 3.05) is 0 Å². The summed E-state index contributed by atoms with van der Waals surface area (Å²) in [6.45, 7) is 0.0356. The molecule has 0 saturated heterocycles. The molecule has 2 N–H and O–H groups in total. The third kappa shape index (κ3) is 3.15. The van der Waals surface area contributed by atoms with Crippen molar-refractivity contribution in [2.24, 2.45) is 0 Å². The van der Waals surface area contributed by atoms with Gasteiger partial charge in [-0.25, -0.2) is 13.1 Å². The number of aromatic nitrogens is 2. The maximum absolute atomic E-state index is 12.3. The van der Waals surface area contributed by atoms with Crippen LogP contribution in [0.15, 0.2) is 41.7 Å². The van der Waals surface area contributed by atoms with Crippen molar-refractivity contribution in [1.82, 2.24) is 14.3 Å². The van der Waals surface area contributed by atoms with Crippen molar-refractivity contribution in [2.45, 2.75) is 36.9 Å². The topological polar surface area (TPSA) is 84.2 Å². The summed E-state index contributed by atoms with van der Waals surface area (Å²) >= 11 is 0. The van der Waals surface area contributed by atoms with Gasteiger partial charge in [0.05, 0.1) is 11.5 Å². The van der Waals surface area contributed by atoms with Gasteiger partial charge in [-0.05, 0) is 30.5 Å². The Bertz CT molecular complexity index is 721. The van der Waals surface area contributed by atoms with Crippen LogP contribution in [0.25, 0.3) is 0 Å². The van der Waals surface area contributed by atoms with Crippen molar-refractivity contribution in [1.29, 1.82) is 0 Å². The van der Waals surface area contributed by atoms with E-state index in [9.17, 15) is 13.5 Å². The molecule has 0 spiro atoms. The second kappa shape index (κ2) is 5.59. The molecule has 112 valence electrons. The Kier molecular flexibility index (Phi) is 3.79. The molecule has 1 aliphatic rings. The Balaban J connectivity index is 1.78. The molecule has 2 heterocycles. The maximum Gasteiger partial charge on any atom is 0.242 e. The average molecular weight is 307 g/mol. The van der Waals surface area contributed by atoms with Gasteiger partial charge in [0.2, 0.25) is 10.0 Å². The Morgan fingerprint density at radius 3 is 2.86 bits per heavy atom. The van der Waals surface area contributed by atoms with Crippen LogP contribution in [0.2, 0.25) is 0 Å². The average Bonchev–Trinajstić information content (AvgIpc) is 3.24. The molecule has 2 aromatic heterocycles. The van der Waals surface area contributed by atoms with Crippen LogP contribution in [0.4, 0.5) is 0 Å². The molecule has 1 saturated carbocycles. The zero-order chi connectivity index (χ0) is 14.9. The highest BCUT2D eigenvalue weighted by atomic mass is 32.2. The number of sulfonamides is 1. The van der Waals surface area contributed by atoms with Gasteiger partial charge >= 0.3 is 0 Å². The van der Waals surface area contributed by atoms with Crippen molar-refractivity contribution in [3.8, 4) is 0 Å². The summed E-state index contributed by atoms with van der Waals surface area (Å²) in [6.07, 6.45) is 6.93. The first-order chi connectivity index (χ1) is 10.1. The fraction of sp³-hybridized carbons (Fsp3) is 0.357. The molecular weight excluding hydrogens is 290 g/mol. The first-order valence-corrected chi connectivity index (χ1v) is 8.28. The first kappa shape index (κ1) is 14.2. The van der Waals surface area contributed by atoms with E-state index in [2.05, 4.69) is 9.71 Å². The SMILES string of the molecule is O=S(=O)(NCc1cccnc1)c1cc(CO)n(C2CC2)c1. The van der Waals surface area contributed by atoms with E-state index >= 15 is 0 Å². The van der Waals surface area contributed by atoms with Gasteiger partial charge in [-0.3, -0.25) is 4.98 Å². The molecule has 0 aromatic carbocycles. The predicted octanol–water partition coefficient (Wildman–Crippen LogP) is 1.19. The fourth-order valence-corrected chi connectivity index (χ4v) is 3.29. The molecule has 0 atom stereocenters. The lowest BCUT2D eigenvalue weighted by atomic mass is 10.3.